The Morgan fingerprint density at radius 2 is 1.95 bits per heavy atom. The first-order valence-corrected chi connectivity index (χ1v) is 7.22. The molecule has 0 saturated heterocycles. The minimum atomic E-state index is -0.227. The molecule has 0 bridgehead atoms. The van der Waals surface area contributed by atoms with Crippen molar-refractivity contribution in [3.8, 4) is 5.75 Å². The summed E-state index contributed by atoms with van der Waals surface area (Å²) in [6.07, 6.45) is 2.08. The number of hydrogen-bond donors (Lipinski definition) is 1. The molecule has 0 fully saturated rings. The minimum Gasteiger partial charge on any atom is -0.491 e. The van der Waals surface area contributed by atoms with Gasteiger partial charge in [-0.15, -0.1) is 0 Å². The highest BCUT2D eigenvalue weighted by molar-refractivity contribution is 6.32. The van der Waals surface area contributed by atoms with Crippen LogP contribution in [0.1, 0.15) is 25.7 Å². The number of unbranched alkanes of at least 4 members (excludes halogenated alkanes) is 1. The summed E-state index contributed by atoms with van der Waals surface area (Å²) in [4.78, 5) is 22.4. The van der Waals surface area contributed by atoms with Gasteiger partial charge in [-0.25, -0.2) is 0 Å². The van der Waals surface area contributed by atoms with E-state index >= 15 is 0 Å². The van der Waals surface area contributed by atoms with Crippen molar-refractivity contribution in [2.75, 3.05) is 20.3 Å². The Labute approximate surface area is 129 Å². The maximum Gasteiger partial charge on any atom is 0.305 e. The highest BCUT2D eigenvalue weighted by atomic mass is 35.5. The molecule has 0 aliphatic carbocycles. The summed E-state index contributed by atoms with van der Waals surface area (Å²) in [5.74, 6) is 0.264. The van der Waals surface area contributed by atoms with Gasteiger partial charge in [0.2, 0.25) is 5.91 Å². The zero-order valence-corrected chi connectivity index (χ0v) is 12.8. The summed E-state index contributed by atoms with van der Waals surface area (Å²) in [7, 11) is 1.36. The van der Waals surface area contributed by atoms with Crippen LogP contribution < -0.4 is 10.1 Å². The van der Waals surface area contributed by atoms with Gasteiger partial charge in [0.15, 0.2) is 0 Å². The van der Waals surface area contributed by atoms with Crippen molar-refractivity contribution >= 4 is 23.5 Å². The van der Waals surface area contributed by atoms with E-state index in [1.165, 1.54) is 7.11 Å². The van der Waals surface area contributed by atoms with Gasteiger partial charge in [-0.3, -0.25) is 9.59 Å². The molecule has 0 aromatic heterocycles. The molecule has 6 heteroatoms. The van der Waals surface area contributed by atoms with Gasteiger partial charge in [0, 0.05) is 13.0 Å². The van der Waals surface area contributed by atoms with Crippen molar-refractivity contribution in [3.05, 3.63) is 29.3 Å². The first kappa shape index (κ1) is 17.3. The number of carbonyl (C=O) groups is 2. The normalized spacial score (nSPS) is 10.0. The van der Waals surface area contributed by atoms with E-state index in [-0.39, 0.29) is 24.9 Å². The number of nitrogens with one attached hydrogen (secondary N) is 1. The van der Waals surface area contributed by atoms with Crippen LogP contribution in [0.4, 0.5) is 0 Å². The molecule has 0 spiro atoms. The predicted molar refractivity (Wildman–Crippen MR) is 80.4 cm³/mol. The summed E-state index contributed by atoms with van der Waals surface area (Å²) in [6, 6.07) is 7.13. The van der Waals surface area contributed by atoms with Crippen LogP contribution >= 0.6 is 11.6 Å². The summed E-state index contributed by atoms with van der Waals surface area (Å²) in [6.45, 7) is 0.819. The molecule has 1 aromatic rings. The molecule has 1 rings (SSSR count). The smallest absolute Gasteiger partial charge is 0.305 e. The van der Waals surface area contributed by atoms with E-state index in [2.05, 4.69) is 10.1 Å². The van der Waals surface area contributed by atoms with Gasteiger partial charge >= 0.3 is 5.97 Å². The standard InChI is InChI=1S/C15H20ClNO4/c1-20-15(19)8-4-5-10-17-14(18)9-11-21-13-7-3-2-6-12(13)16/h2-3,6-7H,4-5,8-11H2,1H3,(H,17,18). The molecule has 0 aliphatic rings. The van der Waals surface area contributed by atoms with E-state index in [1.807, 2.05) is 12.1 Å². The molecular weight excluding hydrogens is 294 g/mol. The quantitative estimate of drug-likeness (QED) is 0.562. The third kappa shape index (κ3) is 7.56. The summed E-state index contributed by atoms with van der Waals surface area (Å²) in [5.41, 5.74) is 0. The number of hydrogen-bond acceptors (Lipinski definition) is 4. The van der Waals surface area contributed by atoms with Crippen LogP contribution in [0.5, 0.6) is 5.75 Å². The molecule has 0 unspecified atom stereocenters. The number of para-hydroxylation sites is 1. The topological polar surface area (TPSA) is 64.6 Å². The fourth-order valence-corrected chi connectivity index (χ4v) is 1.82. The van der Waals surface area contributed by atoms with Gasteiger partial charge in [0.1, 0.15) is 5.75 Å². The average Bonchev–Trinajstić information content (AvgIpc) is 2.48. The highest BCUT2D eigenvalue weighted by Gasteiger charge is 2.04. The van der Waals surface area contributed by atoms with Gasteiger partial charge in [-0.1, -0.05) is 23.7 Å². The molecule has 5 nitrogen and oxygen atoms in total. The maximum absolute atomic E-state index is 11.6. The van der Waals surface area contributed by atoms with Gasteiger partial charge < -0.3 is 14.8 Å². The fourth-order valence-electron chi connectivity index (χ4n) is 1.63. The number of amides is 1. The molecule has 0 atom stereocenters. The lowest BCUT2D eigenvalue weighted by atomic mass is 10.2. The Bertz CT molecular complexity index is 465. The van der Waals surface area contributed by atoms with Crippen LogP contribution in [-0.4, -0.2) is 32.1 Å². The van der Waals surface area contributed by atoms with Crippen LogP contribution in [0.3, 0.4) is 0 Å². The third-order valence-corrected chi connectivity index (χ3v) is 3.09. The summed E-state index contributed by atoms with van der Waals surface area (Å²) in [5, 5.41) is 3.30. The predicted octanol–water partition coefficient (Wildman–Crippen LogP) is 2.57. The zero-order chi connectivity index (χ0) is 15.5. The molecule has 0 radical (unpaired) electrons. The lowest BCUT2D eigenvalue weighted by Crippen LogP contribution is -2.26. The number of carbonyl (C=O) groups excluding carboxylic acids is 2. The van der Waals surface area contributed by atoms with E-state index in [4.69, 9.17) is 16.3 Å². The molecule has 21 heavy (non-hydrogen) atoms. The molecule has 1 amide bonds. The second kappa shape index (κ2) is 10.0. The minimum absolute atomic E-state index is 0.0832. The number of methoxy groups -OCH3 is 1. The molecule has 1 N–H and O–H groups in total. The molecule has 0 saturated carbocycles. The van der Waals surface area contributed by atoms with Gasteiger partial charge in [0.25, 0.3) is 0 Å². The van der Waals surface area contributed by atoms with E-state index in [0.717, 1.165) is 6.42 Å². The largest absolute Gasteiger partial charge is 0.491 e. The number of esters is 1. The average molecular weight is 314 g/mol. The fraction of sp³-hybridized carbons (Fsp3) is 0.467. The highest BCUT2D eigenvalue weighted by Crippen LogP contribution is 2.22. The molecule has 0 heterocycles. The Morgan fingerprint density at radius 3 is 2.67 bits per heavy atom. The zero-order valence-electron chi connectivity index (χ0n) is 12.1. The monoisotopic (exact) mass is 313 g/mol. The van der Waals surface area contributed by atoms with Crippen molar-refractivity contribution in [2.24, 2.45) is 0 Å². The number of benzene rings is 1. The molecule has 1 aromatic carbocycles. The van der Waals surface area contributed by atoms with Crippen molar-refractivity contribution in [2.45, 2.75) is 25.7 Å². The van der Waals surface area contributed by atoms with E-state index in [0.29, 0.717) is 30.2 Å². The summed E-state index contributed by atoms with van der Waals surface area (Å²) >= 11 is 5.93. The van der Waals surface area contributed by atoms with Crippen LogP contribution in [0, 0.1) is 0 Å². The Balaban J connectivity index is 2.07. The van der Waals surface area contributed by atoms with Gasteiger partial charge in [-0.2, -0.15) is 0 Å². The number of rotatable bonds is 9. The number of halogens is 1. The van der Waals surface area contributed by atoms with Crippen molar-refractivity contribution in [3.63, 3.8) is 0 Å². The van der Waals surface area contributed by atoms with E-state index in [9.17, 15) is 9.59 Å². The lowest BCUT2D eigenvalue weighted by Gasteiger charge is -2.08. The second-order valence-electron chi connectivity index (χ2n) is 4.41. The van der Waals surface area contributed by atoms with Gasteiger partial charge in [-0.05, 0) is 25.0 Å². The van der Waals surface area contributed by atoms with E-state index < -0.39 is 0 Å². The van der Waals surface area contributed by atoms with Crippen LogP contribution in [-0.2, 0) is 14.3 Å². The maximum atomic E-state index is 11.6. The molecule has 116 valence electrons. The van der Waals surface area contributed by atoms with Crippen LogP contribution in [0.2, 0.25) is 5.02 Å². The Hall–Kier alpha value is -1.75. The second-order valence-corrected chi connectivity index (χ2v) is 4.82. The van der Waals surface area contributed by atoms with Crippen LogP contribution in [0.15, 0.2) is 24.3 Å². The van der Waals surface area contributed by atoms with Crippen molar-refractivity contribution < 1.29 is 19.1 Å². The summed E-state index contributed by atoms with van der Waals surface area (Å²) < 4.78 is 9.96. The van der Waals surface area contributed by atoms with Crippen LogP contribution in [0.25, 0.3) is 0 Å². The van der Waals surface area contributed by atoms with Crippen molar-refractivity contribution in [1.82, 2.24) is 5.32 Å². The van der Waals surface area contributed by atoms with Gasteiger partial charge in [0.05, 0.1) is 25.2 Å². The molecular formula is C15H20ClNO4. The number of ether oxygens (including phenoxy) is 2. The lowest BCUT2D eigenvalue weighted by molar-refractivity contribution is -0.140. The van der Waals surface area contributed by atoms with Crippen molar-refractivity contribution in [1.29, 1.82) is 0 Å². The third-order valence-electron chi connectivity index (χ3n) is 2.78. The Morgan fingerprint density at radius 1 is 1.19 bits per heavy atom. The van der Waals surface area contributed by atoms with E-state index in [1.54, 1.807) is 12.1 Å². The first-order chi connectivity index (χ1) is 10.1. The Kier molecular flexibility index (Phi) is 8.28. The molecule has 0 aliphatic heterocycles. The first-order valence-electron chi connectivity index (χ1n) is 6.84. The SMILES string of the molecule is COC(=O)CCCCNC(=O)CCOc1ccccc1Cl.